The van der Waals surface area contributed by atoms with Gasteiger partial charge in [0.15, 0.2) is 0 Å². The average molecular weight is 325 g/mol. The van der Waals surface area contributed by atoms with Crippen LogP contribution in [0.25, 0.3) is 0 Å². The first-order valence-corrected chi connectivity index (χ1v) is 7.63. The quantitative estimate of drug-likeness (QED) is 0.915. The second-order valence-electron chi connectivity index (χ2n) is 4.42. The van der Waals surface area contributed by atoms with Crippen molar-refractivity contribution in [3.8, 4) is 0 Å². The molecule has 0 spiro atoms. The lowest BCUT2D eigenvalue weighted by atomic mass is 10.3. The van der Waals surface area contributed by atoms with E-state index in [0.717, 1.165) is 12.1 Å². The van der Waals surface area contributed by atoms with Gasteiger partial charge in [-0.2, -0.15) is 13.2 Å². The first-order valence-electron chi connectivity index (χ1n) is 6.15. The van der Waals surface area contributed by atoms with E-state index in [0.29, 0.717) is 32.1 Å². The third-order valence-corrected chi connectivity index (χ3v) is 4.39. The van der Waals surface area contributed by atoms with Gasteiger partial charge in [-0.05, 0) is 24.3 Å². The molecular formula is C12H14F3NO4S. The zero-order chi connectivity index (χ0) is 15.5. The van der Waals surface area contributed by atoms with Crippen LogP contribution >= 0.6 is 0 Å². The van der Waals surface area contributed by atoms with Crippen molar-refractivity contribution in [1.29, 1.82) is 0 Å². The van der Waals surface area contributed by atoms with E-state index < -0.39 is 20.2 Å². The van der Waals surface area contributed by atoms with Crippen LogP contribution in [-0.4, -0.2) is 46.4 Å². The van der Waals surface area contributed by atoms with Crippen molar-refractivity contribution < 1.29 is 31.1 Å². The smallest absolute Gasteiger partial charge is 0.382 e. The fourth-order valence-electron chi connectivity index (χ4n) is 1.77. The van der Waals surface area contributed by atoms with E-state index in [2.05, 4.69) is 5.32 Å². The summed E-state index contributed by atoms with van der Waals surface area (Å²) in [4.78, 5) is -0.780. The Bertz CT molecular complexity index is 565. The first kappa shape index (κ1) is 16.1. The van der Waals surface area contributed by atoms with E-state index in [1.807, 2.05) is 0 Å². The Morgan fingerprint density at radius 3 is 2.38 bits per heavy atom. The highest BCUT2D eigenvalue weighted by atomic mass is 32.2. The summed E-state index contributed by atoms with van der Waals surface area (Å²) in [6, 6.07) is 4.40. The summed E-state index contributed by atoms with van der Waals surface area (Å²) in [5.41, 5.74) is -4.79. The van der Waals surface area contributed by atoms with Crippen molar-refractivity contribution in [2.75, 3.05) is 31.7 Å². The number of benzene rings is 1. The number of rotatable bonds is 4. The number of hydrogen-bond donors (Lipinski definition) is 1. The van der Waals surface area contributed by atoms with Gasteiger partial charge in [0.25, 0.3) is 9.84 Å². The van der Waals surface area contributed by atoms with Crippen LogP contribution in [0.15, 0.2) is 29.2 Å². The van der Waals surface area contributed by atoms with Gasteiger partial charge in [0.05, 0.1) is 30.8 Å². The molecule has 1 aliphatic rings. The molecule has 1 fully saturated rings. The van der Waals surface area contributed by atoms with Crippen LogP contribution in [0.5, 0.6) is 0 Å². The molecule has 1 aliphatic heterocycles. The molecule has 9 heteroatoms. The first-order chi connectivity index (χ1) is 9.80. The van der Waals surface area contributed by atoms with Gasteiger partial charge < -0.3 is 14.8 Å². The molecule has 0 bridgehead atoms. The number of nitrogens with one attached hydrogen (secondary N) is 1. The van der Waals surface area contributed by atoms with Crippen molar-refractivity contribution in [2.45, 2.75) is 16.5 Å². The maximum Gasteiger partial charge on any atom is 0.501 e. The molecule has 2 rings (SSSR count). The Hall–Kier alpha value is -1.32. The van der Waals surface area contributed by atoms with E-state index in [-0.39, 0.29) is 6.10 Å². The standard InChI is InChI=1S/C12H14F3NO4S/c13-12(14,15)21(17,18)11-3-1-9(2-4-11)16-7-10-8-19-5-6-20-10/h1-4,10,16H,5-8H2. The minimum atomic E-state index is -5.30. The highest BCUT2D eigenvalue weighted by Crippen LogP contribution is 2.30. The lowest BCUT2D eigenvalue weighted by Crippen LogP contribution is -2.34. The number of halogens is 3. The van der Waals surface area contributed by atoms with Gasteiger partial charge in [-0.25, -0.2) is 8.42 Å². The van der Waals surface area contributed by atoms with Crippen molar-refractivity contribution in [3.63, 3.8) is 0 Å². The van der Waals surface area contributed by atoms with Crippen LogP contribution in [-0.2, 0) is 19.3 Å². The number of alkyl halides is 3. The van der Waals surface area contributed by atoms with E-state index >= 15 is 0 Å². The zero-order valence-corrected chi connectivity index (χ0v) is 11.7. The van der Waals surface area contributed by atoms with Gasteiger partial charge in [-0.3, -0.25) is 0 Å². The zero-order valence-electron chi connectivity index (χ0n) is 10.9. The highest BCUT2D eigenvalue weighted by molar-refractivity contribution is 7.92. The second-order valence-corrected chi connectivity index (χ2v) is 6.36. The van der Waals surface area contributed by atoms with Gasteiger partial charge in [0.2, 0.25) is 0 Å². The Kier molecular flexibility index (Phi) is 4.74. The summed E-state index contributed by atoms with van der Waals surface area (Å²) in [5.74, 6) is 0. The summed E-state index contributed by atoms with van der Waals surface area (Å²) in [7, 11) is -5.30. The molecular weight excluding hydrogens is 311 g/mol. The van der Waals surface area contributed by atoms with Gasteiger partial charge >= 0.3 is 5.51 Å². The molecule has 1 unspecified atom stereocenters. The molecule has 0 radical (unpaired) electrons. The Labute approximate surface area is 120 Å². The van der Waals surface area contributed by atoms with Crippen molar-refractivity contribution in [2.24, 2.45) is 0 Å². The van der Waals surface area contributed by atoms with Crippen LogP contribution in [0.2, 0.25) is 0 Å². The minimum absolute atomic E-state index is 0.141. The molecule has 1 aromatic rings. The second kappa shape index (κ2) is 6.20. The molecule has 1 N–H and O–H groups in total. The molecule has 118 valence electrons. The molecule has 1 heterocycles. The van der Waals surface area contributed by atoms with Gasteiger partial charge in [0.1, 0.15) is 0 Å². The van der Waals surface area contributed by atoms with Crippen LogP contribution in [0, 0.1) is 0 Å². The maximum absolute atomic E-state index is 12.4. The number of anilines is 1. The molecule has 1 saturated heterocycles. The monoisotopic (exact) mass is 325 g/mol. The number of hydrogen-bond acceptors (Lipinski definition) is 5. The largest absolute Gasteiger partial charge is 0.501 e. The SMILES string of the molecule is O=S(=O)(c1ccc(NCC2COCCO2)cc1)C(F)(F)F. The van der Waals surface area contributed by atoms with Gasteiger partial charge in [-0.15, -0.1) is 0 Å². The summed E-state index contributed by atoms with van der Waals surface area (Å²) < 4.78 is 70.1. The van der Waals surface area contributed by atoms with Crippen LogP contribution in [0.4, 0.5) is 18.9 Å². The molecule has 5 nitrogen and oxygen atoms in total. The molecule has 1 aromatic carbocycles. The van der Waals surface area contributed by atoms with Crippen molar-refractivity contribution in [3.05, 3.63) is 24.3 Å². The van der Waals surface area contributed by atoms with Crippen LogP contribution in [0.3, 0.4) is 0 Å². The van der Waals surface area contributed by atoms with Gasteiger partial charge in [-0.1, -0.05) is 0 Å². The van der Waals surface area contributed by atoms with E-state index in [1.54, 1.807) is 0 Å². The third-order valence-electron chi connectivity index (χ3n) is 2.89. The van der Waals surface area contributed by atoms with E-state index in [4.69, 9.17) is 9.47 Å². The van der Waals surface area contributed by atoms with Crippen molar-refractivity contribution >= 4 is 15.5 Å². The molecule has 0 saturated carbocycles. The van der Waals surface area contributed by atoms with Crippen molar-refractivity contribution in [1.82, 2.24) is 0 Å². The topological polar surface area (TPSA) is 64.6 Å². The highest BCUT2D eigenvalue weighted by Gasteiger charge is 2.46. The number of ether oxygens (including phenoxy) is 2. The fourth-order valence-corrected chi connectivity index (χ4v) is 2.53. The molecule has 21 heavy (non-hydrogen) atoms. The lowest BCUT2D eigenvalue weighted by molar-refractivity contribution is -0.0818. The predicted octanol–water partition coefficient (Wildman–Crippen LogP) is 1.81. The van der Waals surface area contributed by atoms with Gasteiger partial charge in [0, 0.05) is 12.2 Å². The molecule has 0 aliphatic carbocycles. The maximum atomic E-state index is 12.4. The summed E-state index contributed by atoms with van der Waals surface area (Å²) in [6.07, 6.45) is -0.141. The van der Waals surface area contributed by atoms with E-state index in [9.17, 15) is 21.6 Å². The lowest BCUT2D eigenvalue weighted by Gasteiger charge is -2.23. The predicted molar refractivity (Wildman–Crippen MR) is 68.7 cm³/mol. The Balaban J connectivity index is 1.99. The van der Waals surface area contributed by atoms with Crippen LogP contribution in [0.1, 0.15) is 0 Å². The normalized spacial score (nSPS) is 20.2. The summed E-state index contributed by atoms with van der Waals surface area (Å²) in [6.45, 7) is 1.90. The summed E-state index contributed by atoms with van der Waals surface area (Å²) in [5, 5.41) is 2.95. The van der Waals surface area contributed by atoms with E-state index in [1.165, 1.54) is 12.1 Å². The molecule has 0 aromatic heterocycles. The minimum Gasteiger partial charge on any atom is -0.382 e. The number of sulfone groups is 1. The summed E-state index contributed by atoms with van der Waals surface area (Å²) >= 11 is 0. The van der Waals surface area contributed by atoms with Crippen LogP contribution < -0.4 is 5.32 Å². The fraction of sp³-hybridized carbons (Fsp3) is 0.500. The molecule has 1 atom stereocenters. The Morgan fingerprint density at radius 1 is 1.19 bits per heavy atom. The third kappa shape index (κ3) is 3.86. The average Bonchev–Trinajstić information content (AvgIpc) is 2.45. The Morgan fingerprint density at radius 2 is 1.86 bits per heavy atom. The molecule has 0 amide bonds.